The number of aromatic nitrogens is 4. The summed E-state index contributed by atoms with van der Waals surface area (Å²) in [6.07, 6.45) is 3.55. The standard InChI is InChI=1S/C26H21FN6O2/c1-17-4-2-3-5-22(17)24-31-25(35-32-24)23-15-33(16-28-23)14-18-6-10-20(11-7-18)29-26(34)30-21-12-8-19(27)9-13-21/h2-13,15-16H,14H2,1H3,(H2,29,30,34). The van der Waals surface area contributed by atoms with Gasteiger partial charge in [0.1, 0.15) is 11.5 Å². The van der Waals surface area contributed by atoms with Crippen LogP contribution in [0.25, 0.3) is 23.0 Å². The molecule has 3 aromatic carbocycles. The molecule has 8 nitrogen and oxygen atoms in total. The number of halogens is 1. The fraction of sp³-hybridized carbons (Fsp3) is 0.0769. The Morgan fingerprint density at radius 3 is 2.37 bits per heavy atom. The van der Waals surface area contributed by atoms with Crippen LogP contribution in [-0.4, -0.2) is 25.7 Å². The first-order valence-corrected chi connectivity index (χ1v) is 10.9. The highest BCUT2D eigenvalue weighted by molar-refractivity contribution is 5.99. The number of anilines is 2. The Morgan fingerprint density at radius 2 is 1.66 bits per heavy atom. The number of rotatable bonds is 6. The lowest BCUT2D eigenvalue weighted by Gasteiger charge is -2.09. The average molecular weight is 468 g/mol. The van der Waals surface area contributed by atoms with Gasteiger partial charge in [-0.1, -0.05) is 41.6 Å². The summed E-state index contributed by atoms with van der Waals surface area (Å²) in [6.45, 7) is 2.58. The van der Waals surface area contributed by atoms with E-state index in [2.05, 4.69) is 25.8 Å². The van der Waals surface area contributed by atoms with Gasteiger partial charge in [-0.3, -0.25) is 0 Å². The highest BCUT2D eigenvalue weighted by Gasteiger charge is 2.14. The largest absolute Gasteiger partial charge is 0.332 e. The van der Waals surface area contributed by atoms with Crippen molar-refractivity contribution in [1.82, 2.24) is 19.7 Å². The van der Waals surface area contributed by atoms with Crippen molar-refractivity contribution in [2.45, 2.75) is 13.5 Å². The maximum atomic E-state index is 13.0. The van der Waals surface area contributed by atoms with E-state index in [-0.39, 0.29) is 5.82 Å². The van der Waals surface area contributed by atoms with Crippen molar-refractivity contribution in [1.29, 1.82) is 0 Å². The number of imidazole rings is 1. The minimum atomic E-state index is -0.409. The van der Waals surface area contributed by atoms with Gasteiger partial charge in [-0.15, -0.1) is 0 Å². The third-order valence-corrected chi connectivity index (χ3v) is 5.34. The summed E-state index contributed by atoms with van der Waals surface area (Å²) in [7, 11) is 0. The SMILES string of the molecule is Cc1ccccc1-c1noc(-c2cn(Cc3ccc(NC(=O)Nc4ccc(F)cc4)cc3)cn2)n1. The second kappa shape index (κ2) is 9.60. The highest BCUT2D eigenvalue weighted by Crippen LogP contribution is 2.23. The molecule has 0 bridgehead atoms. The number of aryl methyl sites for hydroxylation is 1. The third kappa shape index (κ3) is 5.25. The molecule has 0 fully saturated rings. The molecule has 2 heterocycles. The maximum Gasteiger partial charge on any atom is 0.323 e. The number of hydrogen-bond donors (Lipinski definition) is 2. The van der Waals surface area contributed by atoms with Crippen LogP contribution in [0.1, 0.15) is 11.1 Å². The number of amides is 2. The van der Waals surface area contributed by atoms with E-state index in [1.165, 1.54) is 24.3 Å². The lowest BCUT2D eigenvalue weighted by atomic mass is 10.1. The lowest BCUT2D eigenvalue weighted by Crippen LogP contribution is -2.19. The van der Waals surface area contributed by atoms with Gasteiger partial charge in [0, 0.05) is 29.7 Å². The fourth-order valence-corrected chi connectivity index (χ4v) is 3.55. The topological polar surface area (TPSA) is 97.9 Å². The third-order valence-electron chi connectivity index (χ3n) is 5.34. The van der Waals surface area contributed by atoms with E-state index in [1.807, 2.05) is 66.2 Å². The van der Waals surface area contributed by atoms with Gasteiger partial charge in [0.25, 0.3) is 5.89 Å². The molecule has 174 valence electrons. The van der Waals surface area contributed by atoms with E-state index in [0.717, 1.165) is 16.7 Å². The Bertz CT molecular complexity index is 1460. The van der Waals surface area contributed by atoms with Crippen LogP contribution in [-0.2, 0) is 6.54 Å². The smallest absolute Gasteiger partial charge is 0.323 e. The minimum Gasteiger partial charge on any atom is -0.332 e. The second-order valence-corrected chi connectivity index (χ2v) is 7.95. The Kier molecular flexibility index (Phi) is 6.04. The molecule has 0 aliphatic carbocycles. The summed E-state index contributed by atoms with van der Waals surface area (Å²) in [5.41, 5.74) is 4.73. The van der Waals surface area contributed by atoms with Crippen LogP contribution >= 0.6 is 0 Å². The monoisotopic (exact) mass is 468 g/mol. The van der Waals surface area contributed by atoms with Crippen molar-refractivity contribution in [3.8, 4) is 23.0 Å². The molecule has 2 aromatic heterocycles. The van der Waals surface area contributed by atoms with Crippen molar-refractivity contribution in [2.75, 3.05) is 10.6 Å². The van der Waals surface area contributed by atoms with Gasteiger partial charge in [0.05, 0.1) is 6.33 Å². The van der Waals surface area contributed by atoms with Crippen LogP contribution in [0.4, 0.5) is 20.6 Å². The van der Waals surface area contributed by atoms with Gasteiger partial charge in [-0.2, -0.15) is 4.98 Å². The van der Waals surface area contributed by atoms with Crippen LogP contribution in [0.5, 0.6) is 0 Å². The van der Waals surface area contributed by atoms with Crippen molar-refractivity contribution >= 4 is 17.4 Å². The van der Waals surface area contributed by atoms with Crippen molar-refractivity contribution < 1.29 is 13.7 Å². The summed E-state index contributed by atoms with van der Waals surface area (Å²) in [5, 5.41) is 9.50. The number of urea groups is 1. The van der Waals surface area contributed by atoms with Crippen LogP contribution in [0.15, 0.2) is 89.8 Å². The van der Waals surface area contributed by atoms with Gasteiger partial charge < -0.3 is 19.7 Å². The number of hydrogen-bond acceptors (Lipinski definition) is 5. The van der Waals surface area contributed by atoms with E-state index in [9.17, 15) is 9.18 Å². The molecule has 0 saturated carbocycles. The van der Waals surface area contributed by atoms with Crippen LogP contribution in [0.3, 0.4) is 0 Å². The summed E-state index contributed by atoms with van der Waals surface area (Å²) in [4.78, 5) is 21.0. The normalized spacial score (nSPS) is 10.8. The molecular formula is C26H21FN6O2. The first-order chi connectivity index (χ1) is 17.0. The Labute approximate surface area is 200 Å². The van der Waals surface area contributed by atoms with Crippen molar-refractivity contribution in [2.24, 2.45) is 0 Å². The zero-order valence-electron chi connectivity index (χ0n) is 18.8. The molecule has 5 aromatic rings. The quantitative estimate of drug-likeness (QED) is 0.331. The Balaban J connectivity index is 1.20. The van der Waals surface area contributed by atoms with Crippen LogP contribution < -0.4 is 10.6 Å². The molecule has 2 amide bonds. The molecular weight excluding hydrogens is 447 g/mol. The summed E-state index contributed by atoms with van der Waals surface area (Å²) in [6, 6.07) is 20.4. The van der Waals surface area contributed by atoms with Gasteiger partial charge >= 0.3 is 6.03 Å². The molecule has 9 heteroatoms. The van der Waals surface area contributed by atoms with Gasteiger partial charge in [0.15, 0.2) is 0 Å². The molecule has 2 N–H and O–H groups in total. The Hall–Kier alpha value is -4.79. The van der Waals surface area contributed by atoms with Crippen molar-refractivity contribution in [3.05, 3.63) is 102 Å². The van der Waals surface area contributed by atoms with E-state index < -0.39 is 6.03 Å². The predicted octanol–water partition coefficient (Wildman–Crippen LogP) is 5.74. The van der Waals surface area contributed by atoms with E-state index >= 15 is 0 Å². The van der Waals surface area contributed by atoms with Crippen LogP contribution in [0, 0.1) is 12.7 Å². The molecule has 0 aliphatic rings. The van der Waals surface area contributed by atoms with Crippen molar-refractivity contribution in [3.63, 3.8) is 0 Å². The predicted molar refractivity (Wildman–Crippen MR) is 130 cm³/mol. The molecule has 0 radical (unpaired) electrons. The van der Waals surface area contributed by atoms with Gasteiger partial charge in [0.2, 0.25) is 5.82 Å². The first-order valence-electron chi connectivity index (χ1n) is 10.9. The van der Waals surface area contributed by atoms with E-state index in [4.69, 9.17) is 4.52 Å². The minimum absolute atomic E-state index is 0.355. The summed E-state index contributed by atoms with van der Waals surface area (Å²) in [5.74, 6) is 0.522. The first kappa shape index (κ1) is 22.0. The lowest BCUT2D eigenvalue weighted by molar-refractivity contribution is 0.262. The number of carbonyl (C=O) groups excluding carboxylic acids is 1. The molecule has 0 unspecified atom stereocenters. The molecule has 0 saturated heterocycles. The summed E-state index contributed by atoms with van der Waals surface area (Å²) >= 11 is 0. The van der Waals surface area contributed by atoms with E-state index in [1.54, 1.807) is 6.33 Å². The molecule has 0 aliphatic heterocycles. The zero-order chi connectivity index (χ0) is 24.2. The number of nitrogens with one attached hydrogen (secondary N) is 2. The average Bonchev–Trinajstić information content (AvgIpc) is 3.52. The number of nitrogens with zero attached hydrogens (tertiary/aromatic N) is 4. The van der Waals surface area contributed by atoms with E-state index in [0.29, 0.717) is 35.3 Å². The highest BCUT2D eigenvalue weighted by atomic mass is 19.1. The van der Waals surface area contributed by atoms with Gasteiger partial charge in [-0.25, -0.2) is 14.2 Å². The number of carbonyl (C=O) groups is 1. The second-order valence-electron chi connectivity index (χ2n) is 7.95. The molecule has 0 atom stereocenters. The maximum absolute atomic E-state index is 13.0. The summed E-state index contributed by atoms with van der Waals surface area (Å²) < 4.78 is 20.3. The number of benzene rings is 3. The molecule has 5 rings (SSSR count). The molecule has 35 heavy (non-hydrogen) atoms. The fourth-order valence-electron chi connectivity index (χ4n) is 3.55. The molecule has 0 spiro atoms. The zero-order valence-corrected chi connectivity index (χ0v) is 18.8. The van der Waals surface area contributed by atoms with Crippen LogP contribution in [0.2, 0.25) is 0 Å². The van der Waals surface area contributed by atoms with Gasteiger partial charge in [-0.05, 0) is 54.4 Å². The Morgan fingerprint density at radius 1 is 0.971 bits per heavy atom.